The normalized spacial score (nSPS) is 16.5. The second-order valence-electron chi connectivity index (χ2n) is 26.1. The van der Waals surface area contributed by atoms with E-state index in [1.54, 1.807) is 0 Å². The largest absolute Gasteiger partial charge is 0.311 e. The van der Waals surface area contributed by atoms with E-state index < -0.39 is 0 Å². The van der Waals surface area contributed by atoms with Crippen molar-refractivity contribution in [3.05, 3.63) is 148 Å². The lowest BCUT2D eigenvalue weighted by atomic mass is 9.33. The molecule has 0 saturated heterocycles. The van der Waals surface area contributed by atoms with Gasteiger partial charge >= 0.3 is 0 Å². The van der Waals surface area contributed by atoms with E-state index in [1.165, 1.54) is 113 Å². The molecule has 2 aliphatic heterocycles. The minimum Gasteiger partial charge on any atom is -0.311 e. The molecule has 0 N–H and O–H groups in total. The molecule has 2 nitrogen and oxygen atoms in total. The Morgan fingerprint density at radius 2 is 0.955 bits per heavy atom. The van der Waals surface area contributed by atoms with Gasteiger partial charge in [-0.05, 0) is 161 Å². The average Bonchev–Trinajstić information content (AvgIpc) is 3.23. The number of hydrogen-bond acceptors (Lipinski definition) is 2. The third kappa shape index (κ3) is 7.75. The zero-order valence-electron chi connectivity index (χ0n) is 43.9. The molecular formula is C63H77BN2. The Kier molecular flexibility index (Phi) is 10.7. The van der Waals surface area contributed by atoms with Crippen LogP contribution in [0.2, 0.25) is 0 Å². The predicted molar refractivity (Wildman–Crippen MR) is 290 cm³/mol. The average molecular weight is 873 g/mol. The molecule has 0 atom stereocenters. The van der Waals surface area contributed by atoms with Crippen molar-refractivity contribution in [2.45, 2.75) is 176 Å². The van der Waals surface area contributed by atoms with Gasteiger partial charge < -0.3 is 9.80 Å². The summed E-state index contributed by atoms with van der Waals surface area (Å²) in [5, 5.41) is 0. The first-order valence-electron chi connectivity index (χ1n) is 25.0. The summed E-state index contributed by atoms with van der Waals surface area (Å²) < 4.78 is 0. The lowest BCUT2D eigenvalue weighted by molar-refractivity contribution is 0.332. The number of hydrogen-bond donors (Lipinski definition) is 0. The van der Waals surface area contributed by atoms with Gasteiger partial charge in [0.25, 0.3) is 6.71 Å². The van der Waals surface area contributed by atoms with Crippen LogP contribution >= 0.6 is 0 Å². The van der Waals surface area contributed by atoms with Crippen LogP contribution in [0.15, 0.2) is 109 Å². The zero-order valence-corrected chi connectivity index (χ0v) is 43.9. The molecule has 66 heavy (non-hydrogen) atoms. The summed E-state index contributed by atoms with van der Waals surface area (Å²) in [5.74, 6) is 0.313. The van der Waals surface area contributed by atoms with Gasteiger partial charge in [0, 0.05) is 34.0 Å². The summed E-state index contributed by atoms with van der Waals surface area (Å²) in [6.07, 6.45) is 2.34. The van der Waals surface area contributed by atoms with Crippen molar-refractivity contribution < 1.29 is 0 Å². The number of anilines is 6. The standard InChI is InChI=1S/C63H77BN2/c1-39(2)41-32-55-57-56(33-41)66(52-28-26-44(60(9,10)11)35-47(52)40-21-19-22-42(31-40)58(3,4)5)54-38-49-48(62(15,16)29-30-63(49,17)18)37-51(54)64(57)50-27-25-45(61(12,13)14)36-53(50)65(55)46-24-20-23-43(34-46)59(6,7)8/h19-28,31-39H,29-30H2,1-18H3. The molecule has 0 radical (unpaired) electrons. The van der Waals surface area contributed by atoms with Gasteiger partial charge in [0.1, 0.15) is 0 Å². The molecule has 342 valence electrons. The maximum absolute atomic E-state index is 2.72. The third-order valence-corrected chi connectivity index (χ3v) is 15.7. The summed E-state index contributed by atoms with van der Waals surface area (Å²) in [6.45, 7) is 42.9. The molecule has 0 spiro atoms. The molecule has 0 fully saturated rings. The van der Waals surface area contributed by atoms with Gasteiger partial charge in [-0.3, -0.25) is 0 Å². The Morgan fingerprint density at radius 3 is 1.55 bits per heavy atom. The Bertz CT molecular complexity index is 2900. The highest BCUT2D eigenvalue weighted by atomic mass is 15.2. The molecule has 6 aromatic carbocycles. The van der Waals surface area contributed by atoms with E-state index in [4.69, 9.17) is 0 Å². The predicted octanol–water partition coefficient (Wildman–Crippen LogP) is 16.1. The maximum atomic E-state index is 2.72. The van der Waals surface area contributed by atoms with E-state index in [-0.39, 0.29) is 39.2 Å². The fourth-order valence-electron chi connectivity index (χ4n) is 11.1. The Balaban J connectivity index is 1.46. The van der Waals surface area contributed by atoms with Gasteiger partial charge in [0.05, 0.1) is 5.69 Å². The smallest absolute Gasteiger partial charge is 0.252 e. The first kappa shape index (κ1) is 46.1. The Hall–Kier alpha value is -5.02. The van der Waals surface area contributed by atoms with Crippen LogP contribution in [0.5, 0.6) is 0 Å². The van der Waals surface area contributed by atoms with Gasteiger partial charge in [-0.15, -0.1) is 0 Å². The highest BCUT2D eigenvalue weighted by Crippen LogP contribution is 2.53. The quantitative estimate of drug-likeness (QED) is 0.163. The number of fused-ring (bicyclic) bond motifs is 5. The first-order chi connectivity index (χ1) is 30.6. The highest BCUT2D eigenvalue weighted by Gasteiger charge is 2.47. The molecule has 9 rings (SSSR count). The number of rotatable bonds is 4. The third-order valence-electron chi connectivity index (χ3n) is 15.7. The van der Waals surface area contributed by atoms with Gasteiger partial charge in [-0.25, -0.2) is 0 Å². The highest BCUT2D eigenvalue weighted by molar-refractivity contribution is 7.00. The van der Waals surface area contributed by atoms with Crippen molar-refractivity contribution in [3.8, 4) is 11.1 Å². The summed E-state index contributed by atoms with van der Waals surface area (Å²) in [6, 6.07) is 44.1. The fraction of sp³-hybridized carbons (Fsp3) is 0.429. The van der Waals surface area contributed by atoms with Crippen molar-refractivity contribution in [3.63, 3.8) is 0 Å². The van der Waals surface area contributed by atoms with Crippen LogP contribution in [0.3, 0.4) is 0 Å². The van der Waals surface area contributed by atoms with Gasteiger partial charge in [-0.1, -0.05) is 185 Å². The molecule has 2 heterocycles. The van der Waals surface area contributed by atoms with Crippen LogP contribution in [-0.2, 0) is 32.5 Å². The van der Waals surface area contributed by atoms with E-state index in [1.807, 2.05) is 0 Å². The summed E-state index contributed by atoms with van der Waals surface area (Å²) >= 11 is 0. The number of nitrogens with zero attached hydrogens (tertiary/aromatic N) is 2. The molecule has 6 aromatic rings. The van der Waals surface area contributed by atoms with Crippen molar-refractivity contribution in [2.75, 3.05) is 9.80 Å². The minimum absolute atomic E-state index is 0.00104. The topological polar surface area (TPSA) is 6.48 Å². The van der Waals surface area contributed by atoms with Crippen molar-refractivity contribution in [1.82, 2.24) is 0 Å². The first-order valence-corrected chi connectivity index (χ1v) is 25.0. The van der Waals surface area contributed by atoms with Crippen LogP contribution in [0.4, 0.5) is 34.1 Å². The molecule has 0 bridgehead atoms. The van der Waals surface area contributed by atoms with Crippen LogP contribution in [0.1, 0.15) is 182 Å². The van der Waals surface area contributed by atoms with Gasteiger partial charge in [0.2, 0.25) is 0 Å². The van der Waals surface area contributed by atoms with Gasteiger partial charge in [0.15, 0.2) is 0 Å². The van der Waals surface area contributed by atoms with E-state index in [2.05, 4.69) is 244 Å². The van der Waals surface area contributed by atoms with Crippen LogP contribution in [0, 0.1) is 0 Å². The molecule has 3 heteroatoms. The van der Waals surface area contributed by atoms with E-state index in [0.717, 1.165) is 0 Å². The molecule has 1 aliphatic carbocycles. The molecule has 0 unspecified atom stereocenters. The van der Waals surface area contributed by atoms with E-state index in [0.29, 0.717) is 5.92 Å². The second-order valence-corrected chi connectivity index (χ2v) is 26.1. The molecular weight excluding hydrogens is 796 g/mol. The Morgan fingerprint density at radius 1 is 0.455 bits per heavy atom. The monoisotopic (exact) mass is 873 g/mol. The van der Waals surface area contributed by atoms with E-state index in [9.17, 15) is 0 Å². The SMILES string of the molecule is CC(C)c1cc2c3c(c1)N(c1ccc(C(C)(C)C)cc1-c1cccc(C(C)(C)C)c1)c1cc4c(cc1B3c1ccc(C(C)(C)C)cc1N2c1cccc(C(C)(C)C)c1)C(C)(C)CCC4(C)C. The van der Waals surface area contributed by atoms with Crippen LogP contribution < -0.4 is 26.2 Å². The van der Waals surface area contributed by atoms with Crippen LogP contribution in [0.25, 0.3) is 11.1 Å². The summed E-state index contributed by atoms with van der Waals surface area (Å²) in [4.78, 5) is 5.37. The minimum atomic E-state index is -0.0249. The van der Waals surface area contributed by atoms with Crippen LogP contribution in [-0.4, -0.2) is 6.71 Å². The summed E-state index contributed by atoms with van der Waals surface area (Å²) in [7, 11) is 0. The molecule has 0 saturated carbocycles. The van der Waals surface area contributed by atoms with Crippen molar-refractivity contribution in [1.29, 1.82) is 0 Å². The number of benzene rings is 6. The second kappa shape index (κ2) is 15.2. The van der Waals surface area contributed by atoms with Crippen molar-refractivity contribution >= 4 is 57.2 Å². The van der Waals surface area contributed by atoms with Crippen molar-refractivity contribution in [2.24, 2.45) is 0 Å². The summed E-state index contributed by atoms with van der Waals surface area (Å²) in [5.41, 5.74) is 24.2. The lowest BCUT2D eigenvalue weighted by Gasteiger charge is -2.48. The zero-order chi connectivity index (χ0) is 47.8. The molecule has 3 aliphatic rings. The Labute approximate surface area is 400 Å². The maximum Gasteiger partial charge on any atom is 0.252 e. The molecule has 0 aromatic heterocycles. The van der Waals surface area contributed by atoms with Gasteiger partial charge in [-0.2, -0.15) is 0 Å². The molecule has 0 amide bonds. The lowest BCUT2D eigenvalue weighted by Crippen LogP contribution is -2.62. The fourth-order valence-corrected chi connectivity index (χ4v) is 11.1. The van der Waals surface area contributed by atoms with E-state index >= 15 is 0 Å².